The maximum atomic E-state index is 12.6. The van der Waals surface area contributed by atoms with E-state index < -0.39 is 33.1 Å². The van der Waals surface area contributed by atoms with E-state index in [1.807, 2.05) is 50.6 Å². The third kappa shape index (κ3) is 5.35. The molecule has 1 aromatic carbocycles. The molecule has 1 saturated heterocycles. The van der Waals surface area contributed by atoms with Gasteiger partial charge in [-0.15, -0.1) is 0 Å². The van der Waals surface area contributed by atoms with Crippen LogP contribution in [-0.2, 0) is 19.6 Å². The third-order valence-corrected chi connectivity index (χ3v) is 6.79. The van der Waals surface area contributed by atoms with Gasteiger partial charge in [0, 0.05) is 25.6 Å². The van der Waals surface area contributed by atoms with E-state index in [0.29, 0.717) is 5.69 Å². The molecule has 0 spiro atoms. The highest BCUT2D eigenvalue weighted by molar-refractivity contribution is 7.90. The predicted molar refractivity (Wildman–Crippen MR) is 111 cm³/mol. The molecule has 1 aromatic rings. The molecular weight excluding hydrogens is 394 g/mol. The zero-order chi connectivity index (χ0) is 21.9. The van der Waals surface area contributed by atoms with Crippen LogP contribution in [0.15, 0.2) is 18.2 Å². The van der Waals surface area contributed by atoms with Crippen LogP contribution in [0.2, 0.25) is 0 Å². The number of hydrogen-bond acceptors (Lipinski definition) is 5. The molecule has 160 valence electrons. The fraction of sp³-hybridized carbons (Fsp3) is 0.550. The molecule has 8 nitrogen and oxygen atoms in total. The fourth-order valence-corrected chi connectivity index (χ4v) is 4.70. The minimum atomic E-state index is -4.07. The maximum Gasteiger partial charge on any atom is 0.332 e. The Morgan fingerprint density at radius 3 is 2.10 bits per heavy atom. The van der Waals surface area contributed by atoms with Crippen molar-refractivity contribution in [1.82, 2.24) is 9.62 Å². The first-order valence-electron chi connectivity index (χ1n) is 9.70. The minimum absolute atomic E-state index is 0.0229. The number of amides is 4. The number of imide groups is 1. The number of para-hydroxylation sites is 1. The third-order valence-electron chi connectivity index (χ3n) is 5.04. The molecule has 2 N–H and O–H groups in total. The standard InChI is InChI=1S/C20H29N3O5S/c1-12(2)16-7-6-8-17(13(3)4)19(16)21-20(26)22-29(27,28)15-9-10-23(14(5)24)18(25)11-15/h6-8,12-13,15H,9-11H2,1-5H3,(H2,21,22,26). The van der Waals surface area contributed by atoms with Crippen molar-refractivity contribution in [3.05, 3.63) is 29.3 Å². The summed E-state index contributed by atoms with van der Waals surface area (Å²) in [5.74, 6) is -0.696. The number of sulfonamides is 1. The van der Waals surface area contributed by atoms with E-state index in [1.54, 1.807) is 0 Å². The van der Waals surface area contributed by atoms with E-state index in [0.717, 1.165) is 16.0 Å². The van der Waals surface area contributed by atoms with Gasteiger partial charge in [-0.05, 0) is 29.4 Å². The molecule has 1 atom stereocenters. The zero-order valence-corrected chi connectivity index (χ0v) is 18.3. The van der Waals surface area contributed by atoms with Crippen LogP contribution in [0.25, 0.3) is 0 Å². The summed E-state index contributed by atoms with van der Waals surface area (Å²) in [4.78, 5) is 37.0. The monoisotopic (exact) mass is 423 g/mol. The number of likely N-dealkylation sites (tertiary alicyclic amines) is 1. The smallest absolute Gasteiger partial charge is 0.307 e. The van der Waals surface area contributed by atoms with Crippen molar-refractivity contribution in [3.63, 3.8) is 0 Å². The Bertz CT molecular complexity index is 882. The second kappa shape index (κ2) is 8.94. The molecule has 0 saturated carbocycles. The highest BCUT2D eigenvalue weighted by Gasteiger charge is 2.36. The summed E-state index contributed by atoms with van der Waals surface area (Å²) < 4.78 is 27.3. The lowest BCUT2D eigenvalue weighted by molar-refractivity contribution is -0.145. The summed E-state index contributed by atoms with van der Waals surface area (Å²) in [6.45, 7) is 9.26. The van der Waals surface area contributed by atoms with Gasteiger partial charge in [-0.3, -0.25) is 14.5 Å². The largest absolute Gasteiger partial charge is 0.332 e. The van der Waals surface area contributed by atoms with Crippen LogP contribution in [0.3, 0.4) is 0 Å². The number of benzene rings is 1. The van der Waals surface area contributed by atoms with Crippen LogP contribution in [0.1, 0.15) is 70.4 Å². The summed E-state index contributed by atoms with van der Waals surface area (Å²) in [6.07, 6.45) is -0.240. The summed E-state index contributed by atoms with van der Waals surface area (Å²) in [6, 6.07) is 4.86. The van der Waals surface area contributed by atoms with Crippen LogP contribution < -0.4 is 10.0 Å². The van der Waals surface area contributed by atoms with Crippen LogP contribution >= 0.6 is 0 Å². The summed E-state index contributed by atoms with van der Waals surface area (Å²) in [7, 11) is -4.07. The van der Waals surface area contributed by atoms with E-state index in [9.17, 15) is 22.8 Å². The van der Waals surface area contributed by atoms with E-state index in [2.05, 4.69) is 5.32 Å². The molecule has 0 radical (unpaired) electrons. The Balaban J connectivity index is 2.17. The van der Waals surface area contributed by atoms with Crippen LogP contribution in [0.5, 0.6) is 0 Å². The van der Waals surface area contributed by atoms with Gasteiger partial charge >= 0.3 is 6.03 Å². The van der Waals surface area contributed by atoms with Crippen molar-refractivity contribution in [1.29, 1.82) is 0 Å². The van der Waals surface area contributed by atoms with Gasteiger partial charge in [0.15, 0.2) is 0 Å². The number of carbonyl (C=O) groups excluding carboxylic acids is 3. The van der Waals surface area contributed by atoms with E-state index in [1.165, 1.54) is 6.92 Å². The lowest BCUT2D eigenvalue weighted by Crippen LogP contribution is -2.49. The highest BCUT2D eigenvalue weighted by atomic mass is 32.2. The Morgan fingerprint density at radius 2 is 1.66 bits per heavy atom. The number of piperidine rings is 1. The van der Waals surface area contributed by atoms with Crippen LogP contribution in [-0.4, -0.2) is 43.0 Å². The minimum Gasteiger partial charge on any atom is -0.307 e. The number of urea groups is 1. The molecule has 29 heavy (non-hydrogen) atoms. The lowest BCUT2D eigenvalue weighted by Gasteiger charge is -2.29. The number of nitrogens with one attached hydrogen (secondary N) is 2. The van der Waals surface area contributed by atoms with Gasteiger partial charge in [0.05, 0.1) is 5.25 Å². The van der Waals surface area contributed by atoms with Gasteiger partial charge in [-0.2, -0.15) is 0 Å². The van der Waals surface area contributed by atoms with E-state index >= 15 is 0 Å². The molecule has 0 aromatic heterocycles. The topological polar surface area (TPSA) is 113 Å². The molecule has 0 bridgehead atoms. The zero-order valence-electron chi connectivity index (χ0n) is 17.5. The normalized spacial score (nSPS) is 17.6. The van der Waals surface area contributed by atoms with Crippen molar-refractivity contribution in [2.24, 2.45) is 0 Å². The average Bonchev–Trinajstić information content (AvgIpc) is 2.60. The van der Waals surface area contributed by atoms with Crippen LogP contribution in [0.4, 0.5) is 10.5 Å². The van der Waals surface area contributed by atoms with Crippen LogP contribution in [0, 0.1) is 0 Å². The molecule has 1 aliphatic rings. The number of nitrogens with zero attached hydrogens (tertiary/aromatic N) is 1. The number of carbonyl (C=O) groups is 3. The average molecular weight is 424 g/mol. The van der Waals surface area contributed by atoms with Gasteiger partial charge in [0.1, 0.15) is 0 Å². The molecule has 1 aliphatic heterocycles. The van der Waals surface area contributed by atoms with Gasteiger partial charge in [0.2, 0.25) is 21.8 Å². The quantitative estimate of drug-likeness (QED) is 0.756. The number of anilines is 1. The second-order valence-corrected chi connectivity index (χ2v) is 9.86. The van der Waals surface area contributed by atoms with Crippen molar-refractivity contribution in [2.45, 2.75) is 64.5 Å². The first kappa shape index (κ1) is 22.9. The first-order chi connectivity index (χ1) is 13.4. The Labute approximate surface area is 172 Å². The molecule has 0 aliphatic carbocycles. The van der Waals surface area contributed by atoms with Gasteiger partial charge < -0.3 is 5.32 Å². The van der Waals surface area contributed by atoms with Crippen molar-refractivity contribution < 1.29 is 22.8 Å². The molecule has 1 unspecified atom stereocenters. The van der Waals surface area contributed by atoms with Gasteiger partial charge in [0.25, 0.3) is 0 Å². The summed E-state index contributed by atoms with van der Waals surface area (Å²) in [5, 5.41) is 1.64. The molecule has 9 heteroatoms. The Hall–Kier alpha value is -2.42. The summed E-state index contributed by atoms with van der Waals surface area (Å²) in [5.41, 5.74) is 2.43. The first-order valence-corrected chi connectivity index (χ1v) is 11.2. The molecule has 1 fully saturated rings. The molecule has 4 amide bonds. The van der Waals surface area contributed by atoms with Gasteiger partial charge in [-0.25, -0.2) is 17.9 Å². The number of rotatable bonds is 5. The van der Waals surface area contributed by atoms with E-state index in [-0.39, 0.29) is 31.2 Å². The summed E-state index contributed by atoms with van der Waals surface area (Å²) >= 11 is 0. The highest BCUT2D eigenvalue weighted by Crippen LogP contribution is 2.32. The van der Waals surface area contributed by atoms with Gasteiger partial charge in [-0.1, -0.05) is 45.9 Å². The molecular formula is C20H29N3O5S. The fourth-order valence-electron chi connectivity index (χ4n) is 3.45. The Kier molecular flexibility index (Phi) is 7.05. The van der Waals surface area contributed by atoms with Crippen molar-refractivity contribution in [3.8, 4) is 0 Å². The van der Waals surface area contributed by atoms with Crippen molar-refractivity contribution >= 4 is 33.6 Å². The van der Waals surface area contributed by atoms with E-state index in [4.69, 9.17) is 0 Å². The SMILES string of the molecule is CC(=O)N1CCC(S(=O)(=O)NC(=O)Nc2c(C(C)C)cccc2C(C)C)CC1=O. The lowest BCUT2D eigenvalue weighted by atomic mass is 9.93. The molecule has 2 rings (SSSR count). The molecule has 1 heterocycles. The maximum absolute atomic E-state index is 12.6. The Morgan fingerprint density at radius 1 is 1.10 bits per heavy atom. The predicted octanol–water partition coefficient (Wildman–Crippen LogP) is 2.92. The number of hydrogen-bond donors (Lipinski definition) is 2. The van der Waals surface area contributed by atoms with Crippen molar-refractivity contribution in [2.75, 3.05) is 11.9 Å². The second-order valence-electron chi connectivity index (χ2n) is 7.90.